The summed E-state index contributed by atoms with van der Waals surface area (Å²) in [5, 5.41) is 17.0. The van der Waals surface area contributed by atoms with Crippen molar-refractivity contribution in [3.05, 3.63) is 45.6 Å². The molecular formula is C11H10ClNOS. The fourth-order valence-electron chi connectivity index (χ4n) is 1.23. The van der Waals surface area contributed by atoms with Gasteiger partial charge in [0.2, 0.25) is 0 Å². The second-order valence-corrected chi connectivity index (χ2v) is 4.34. The molecule has 2 rings (SSSR count). The monoisotopic (exact) mass is 239 g/mol. The highest BCUT2D eigenvalue weighted by Gasteiger charge is 1.99. The van der Waals surface area contributed by atoms with Crippen LogP contribution in [-0.4, -0.2) is 5.11 Å². The zero-order valence-corrected chi connectivity index (χ0v) is 9.48. The Morgan fingerprint density at radius 2 is 2.20 bits per heavy atom. The predicted octanol–water partition coefficient (Wildman–Crippen LogP) is 3.72. The van der Waals surface area contributed by atoms with E-state index in [-0.39, 0.29) is 5.75 Å². The second kappa shape index (κ2) is 4.55. The van der Waals surface area contributed by atoms with Gasteiger partial charge < -0.3 is 10.4 Å². The van der Waals surface area contributed by atoms with Gasteiger partial charge in [-0.05, 0) is 29.1 Å². The molecule has 1 heterocycles. The molecule has 0 unspecified atom stereocenters. The molecule has 2 aromatic rings. The van der Waals surface area contributed by atoms with Crippen LogP contribution in [0.15, 0.2) is 35.0 Å². The SMILES string of the molecule is Oc1ccc(CNc2ccsc2)cc1Cl. The van der Waals surface area contributed by atoms with Gasteiger partial charge in [0.1, 0.15) is 5.75 Å². The summed E-state index contributed by atoms with van der Waals surface area (Å²) in [6.45, 7) is 0.705. The number of rotatable bonds is 3. The maximum atomic E-state index is 9.25. The Balaban J connectivity index is 2.02. The molecule has 2 nitrogen and oxygen atoms in total. The molecule has 1 aromatic carbocycles. The number of anilines is 1. The maximum Gasteiger partial charge on any atom is 0.134 e. The average molecular weight is 240 g/mol. The van der Waals surface area contributed by atoms with E-state index in [0.29, 0.717) is 11.6 Å². The predicted molar refractivity (Wildman–Crippen MR) is 64.8 cm³/mol. The standard InChI is InChI=1S/C11H10ClNOS/c12-10-5-8(1-2-11(10)14)6-13-9-3-4-15-7-9/h1-5,7,13-14H,6H2. The molecule has 2 N–H and O–H groups in total. The summed E-state index contributed by atoms with van der Waals surface area (Å²) in [6, 6.07) is 7.23. The van der Waals surface area contributed by atoms with Crippen LogP contribution in [-0.2, 0) is 6.54 Å². The third-order valence-electron chi connectivity index (χ3n) is 2.03. The number of thiophene rings is 1. The van der Waals surface area contributed by atoms with E-state index in [1.807, 2.05) is 22.9 Å². The average Bonchev–Trinajstić information content (AvgIpc) is 2.73. The van der Waals surface area contributed by atoms with Gasteiger partial charge in [0.15, 0.2) is 0 Å². The normalized spacial score (nSPS) is 10.2. The van der Waals surface area contributed by atoms with Gasteiger partial charge >= 0.3 is 0 Å². The Hall–Kier alpha value is -1.19. The van der Waals surface area contributed by atoms with E-state index in [1.165, 1.54) is 0 Å². The number of phenols is 1. The summed E-state index contributed by atoms with van der Waals surface area (Å²) in [6.07, 6.45) is 0. The molecule has 78 valence electrons. The van der Waals surface area contributed by atoms with Crippen LogP contribution in [0.1, 0.15) is 5.56 Å². The summed E-state index contributed by atoms with van der Waals surface area (Å²) < 4.78 is 0. The molecular weight excluding hydrogens is 230 g/mol. The van der Waals surface area contributed by atoms with Crippen molar-refractivity contribution in [2.75, 3.05) is 5.32 Å². The lowest BCUT2D eigenvalue weighted by atomic mass is 10.2. The van der Waals surface area contributed by atoms with Crippen LogP contribution in [0.2, 0.25) is 5.02 Å². The van der Waals surface area contributed by atoms with Crippen molar-refractivity contribution in [1.82, 2.24) is 0 Å². The molecule has 15 heavy (non-hydrogen) atoms. The minimum Gasteiger partial charge on any atom is -0.506 e. The third kappa shape index (κ3) is 2.64. The molecule has 0 saturated heterocycles. The molecule has 4 heteroatoms. The van der Waals surface area contributed by atoms with E-state index in [4.69, 9.17) is 11.6 Å². The minimum absolute atomic E-state index is 0.121. The Morgan fingerprint density at radius 3 is 2.87 bits per heavy atom. The van der Waals surface area contributed by atoms with E-state index < -0.39 is 0 Å². The van der Waals surface area contributed by atoms with E-state index in [1.54, 1.807) is 23.5 Å². The van der Waals surface area contributed by atoms with E-state index in [9.17, 15) is 5.11 Å². The van der Waals surface area contributed by atoms with Crippen LogP contribution in [0.3, 0.4) is 0 Å². The Bertz CT molecular complexity index is 442. The summed E-state index contributed by atoms with van der Waals surface area (Å²) in [5.74, 6) is 0.121. The zero-order chi connectivity index (χ0) is 10.7. The molecule has 0 atom stereocenters. The highest BCUT2D eigenvalue weighted by atomic mass is 35.5. The van der Waals surface area contributed by atoms with Crippen LogP contribution >= 0.6 is 22.9 Å². The van der Waals surface area contributed by atoms with Gasteiger partial charge in [-0.15, -0.1) is 0 Å². The van der Waals surface area contributed by atoms with Gasteiger partial charge in [-0.25, -0.2) is 0 Å². The van der Waals surface area contributed by atoms with E-state index >= 15 is 0 Å². The largest absolute Gasteiger partial charge is 0.506 e. The summed E-state index contributed by atoms with van der Waals surface area (Å²) in [4.78, 5) is 0. The van der Waals surface area contributed by atoms with E-state index in [0.717, 1.165) is 11.3 Å². The molecule has 0 aliphatic heterocycles. The van der Waals surface area contributed by atoms with Crippen LogP contribution in [0, 0.1) is 0 Å². The number of aromatic hydroxyl groups is 1. The third-order valence-corrected chi connectivity index (χ3v) is 3.02. The lowest BCUT2D eigenvalue weighted by Gasteiger charge is -2.05. The van der Waals surface area contributed by atoms with Crippen molar-refractivity contribution in [3.63, 3.8) is 0 Å². The van der Waals surface area contributed by atoms with Crippen LogP contribution in [0.25, 0.3) is 0 Å². The molecule has 0 aliphatic rings. The Labute approximate surface area is 97.1 Å². The van der Waals surface area contributed by atoms with Crippen molar-refractivity contribution < 1.29 is 5.11 Å². The van der Waals surface area contributed by atoms with Gasteiger partial charge in [-0.2, -0.15) is 11.3 Å². The summed E-state index contributed by atoms with van der Waals surface area (Å²) in [7, 11) is 0. The first-order valence-corrected chi connectivity index (χ1v) is 5.81. The lowest BCUT2D eigenvalue weighted by molar-refractivity contribution is 0.475. The van der Waals surface area contributed by atoms with Gasteiger partial charge in [-0.1, -0.05) is 17.7 Å². The quantitative estimate of drug-likeness (QED) is 0.856. The molecule has 0 bridgehead atoms. The van der Waals surface area contributed by atoms with Crippen molar-refractivity contribution in [2.45, 2.75) is 6.54 Å². The first-order valence-electron chi connectivity index (χ1n) is 4.49. The zero-order valence-electron chi connectivity index (χ0n) is 7.90. The first-order chi connectivity index (χ1) is 7.25. The van der Waals surface area contributed by atoms with Crippen LogP contribution in [0.4, 0.5) is 5.69 Å². The second-order valence-electron chi connectivity index (χ2n) is 3.15. The minimum atomic E-state index is 0.121. The number of nitrogens with one attached hydrogen (secondary N) is 1. The van der Waals surface area contributed by atoms with Crippen molar-refractivity contribution in [3.8, 4) is 5.75 Å². The van der Waals surface area contributed by atoms with Crippen LogP contribution < -0.4 is 5.32 Å². The first kappa shape index (κ1) is 10.3. The van der Waals surface area contributed by atoms with Gasteiger partial charge in [0.25, 0.3) is 0 Å². The van der Waals surface area contributed by atoms with Crippen molar-refractivity contribution in [1.29, 1.82) is 0 Å². The summed E-state index contributed by atoms with van der Waals surface area (Å²) in [5.41, 5.74) is 2.15. The fraction of sp³-hybridized carbons (Fsp3) is 0.0909. The topological polar surface area (TPSA) is 32.3 Å². The number of phenolic OH excluding ortho intramolecular Hbond substituents is 1. The molecule has 0 fully saturated rings. The van der Waals surface area contributed by atoms with Crippen molar-refractivity contribution in [2.24, 2.45) is 0 Å². The van der Waals surface area contributed by atoms with Gasteiger partial charge in [-0.3, -0.25) is 0 Å². The van der Waals surface area contributed by atoms with Crippen molar-refractivity contribution >= 4 is 28.6 Å². The van der Waals surface area contributed by atoms with E-state index in [2.05, 4.69) is 5.32 Å². The molecule has 0 spiro atoms. The Morgan fingerprint density at radius 1 is 1.33 bits per heavy atom. The smallest absolute Gasteiger partial charge is 0.134 e. The molecule has 1 aromatic heterocycles. The van der Waals surface area contributed by atoms with Gasteiger partial charge in [0, 0.05) is 17.6 Å². The van der Waals surface area contributed by atoms with Gasteiger partial charge in [0.05, 0.1) is 5.02 Å². The molecule has 0 amide bonds. The maximum absolute atomic E-state index is 9.25. The summed E-state index contributed by atoms with van der Waals surface area (Å²) >= 11 is 7.45. The molecule has 0 saturated carbocycles. The number of hydrogen-bond donors (Lipinski definition) is 2. The molecule has 0 radical (unpaired) electrons. The molecule has 0 aliphatic carbocycles. The number of halogens is 1. The highest BCUT2D eigenvalue weighted by molar-refractivity contribution is 7.08. The fourth-order valence-corrected chi connectivity index (χ4v) is 2.04. The van der Waals surface area contributed by atoms with Crippen LogP contribution in [0.5, 0.6) is 5.75 Å². The lowest BCUT2D eigenvalue weighted by Crippen LogP contribution is -1.97. The number of benzene rings is 1. The number of hydrogen-bond acceptors (Lipinski definition) is 3. The Kier molecular flexibility index (Phi) is 3.14. The highest BCUT2D eigenvalue weighted by Crippen LogP contribution is 2.24.